The minimum absolute atomic E-state index is 0.351. The number of aliphatic hydroxyl groups excluding tert-OH is 1. The van der Waals surface area contributed by atoms with Gasteiger partial charge in [0.25, 0.3) is 0 Å². The molecule has 1 heteroatoms. The fraction of sp³-hybridized carbons (Fsp3) is 0.455. The van der Waals surface area contributed by atoms with Crippen molar-refractivity contribution in [2.24, 2.45) is 0 Å². The lowest BCUT2D eigenvalue weighted by atomic mass is 10.0. The number of hydrogen-bond donors (Lipinski definition) is 1. The molecule has 0 aliphatic heterocycles. The van der Waals surface area contributed by atoms with Crippen molar-refractivity contribution >= 4 is 0 Å². The number of benzene rings is 1. The Morgan fingerprint density at radius 1 is 1.42 bits per heavy atom. The average molecular weight is 164 g/mol. The second-order valence-electron chi connectivity index (χ2n) is 3.22. The molecular formula is C11H16O. The van der Waals surface area contributed by atoms with Gasteiger partial charge in [0.05, 0.1) is 6.10 Å². The third-order valence-corrected chi connectivity index (χ3v) is 2.24. The van der Waals surface area contributed by atoms with Crippen molar-refractivity contribution in [3.8, 4) is 0 Å². The highest BCUT2D eigenvalue weighted by Crippen LogP contribution is 2.17. The highest BCUT2D eigenvalue weighted by atomic mass is 16.3. The molecule has 0 saturated carbocycles. The van der Waals surface area contributed by atoms with Crippen LogP contribution in [-0.2, 0) is 6.42 Å². The van der Waals surface area contributed by atoms with Gasteiger partial charge in [0.1, 0.15) is 0 Å². The molecule has 0 amide bonds. The first-order valence-corrected chi connectivity index (χ1v) is 4.42. The molecule has 0 spiro atoms. The predicted molar refractivity (Wildman–Crippen MR) is 51.2 cm³/mol. The molecule has 1 rings (SSSR count). The van der Waals surface area contributed by atoms with E-state index in [-0.39, 0.29) is 6.10 Å². The minimum atomic E-state index is -0.351. The van der Waals surface area contributed by atoms with Gasteiger partial charge < -0.3 is 5.11 Å². The first kappa shape index (κ1) is 9.27. The second-order valence-corrected chi connectivity index (χ2v) is 3.22. The molecule has 0 radical (unpaired) electrons. The SMILES string of the molecule is CCc1cc(C(C)O)ccc1C. The Morgan fingerprint density at radius 3 is 2.58 bits per heavy atom. The van der Waals surface area contributed by atoms with Gasteiger partial charge in [0.2, 0.25) is 0 Å². The summed E-state index contributed by atoms with van der Waals surface area (Å²) in [7, 11) is 0. The van der Waals surface area contributed by atoms with Crippen LogP contribution in [0.2, 0.25) is 0 Å². The van der Waals surface area contributed by atoms with Crippen LogP contribution in [0.4, 0.5) is 0 Å². The van der Waals surface area contributed by atoms with E-state index in [1.165, 1.54) is 11.1 Å². The Balaban J connectivity index is 3.05. The van der Waals surface area contributed by atoms with Gasteiger partial charge in [-0.25, -0.2) is 0 Å². The van der Waals surface area contributed by atoms with Crippen LogP contribution in [0.15, 0.2) is 18.2 Å². The first-order valence-electron chi connectivity index (χ1n) is 4.42. The van der Waals surface area contributed by atoms with Gasteiger partial charge in [0.15, 0.2) is 0 Å². The normalized spacial score (nSPS) is 13.0. The predicted octanol–water partition coefficient (Wildman–Crippen LogP) is 2.61. The van der Waals surface area contributed by atoms with Gasteiger partial charge in [-0.2, -0.15) is 0 Å². The van der Waals surface area contributed by atoms with Gasteiger partial charge in [-0.3, -0.25) is 0 Å². The van der Waals surface area contributed by atoms with Crippen molar-refractivity contribution in [1.29, 1.82) is 0 Å². The monoisotopic (exact) mass is 164 g/mol. The summed E-state index contributed by atoms with van der Waals surface area (Å²) in [5, 5.41) is 9.33. The molecule has 0 fully saturated rings. The van der Waals surface area contributed by atoms with Crippen molar-refractivity contribution in [2.75, 3.05) is 0 Å². The van der Waals surface area contributed by atoms with E-state index in [1.54, 1.807) is 6.92 Å². The highest BCUT2D eigenvalue weighted by molar-refractivity contribution is 5.31. The van der Waals surface area contributed by atoms with Gasteiger partial charge in [-0.1, -0.05) is 25.1 Å². The maximum atomic E-state index is 9.33. The van der Waals surface area contributed by atoms with Gasteiger partial charge >= 0.3 is 0 Å². The zero-order valence-corrected chi connectivity index (χ0v) is 7.96. The zero-order chi connectivity index (χ0) is 9.14. The Hall–Kier alpha value is -0.820. The van der Waals surface area contributed by atoms with Crippen LogP contribution in [-0.4, -0.2) is 5.11 Å². The Morgan fingerprint density at radius 2 is 2.08 bits per heavy atom. The van der Waals surface area contributed by atoms with E-state index in [1.807, 2.05) is 6.07 Å². The van der Waals surface area contributed by atoms with Crippen molar-refractivity contribution in [3.05, 3.63) is 34.9 Å². The first-order chi connectivity index (χ1) is 5.65. The second kappa shape index (κ2) is 3.72. The summed E-state index contributed by atoms with van der Waals surface area (Å²) in [6.45, 7) is 6.03. The molecule has 1 aromatic rings. The van der Waals surface area contributed by atoms with Crippen LogP contribution in [0.3, 0.4) is 0 Å². The van der Waals surface area contributed by atoms with Crippen LogP contribution >= 0.6 is 0 Å². The molecule has 1 aromatic carbocycles. The summed E-state index contributed by atoms with van der Waals surface area (Å²) in [4.78, 5) is 0. The van der Waals surface area contributed by atoms with Crippen molar-refractivity contribution in [3.63, 3.8) is 0 Å². The molecule has 0 aromatic heterocycles. The van der Waals surface area contributed by atoms with E-state index in [9.17, 15) is 5.11 Å². The third-order valence-electron chi connectivity index (χ3n) is 2.24. The molecule has 12 heavy (non-hydrogen) atoms. The molecule has 0 heterocycles. The molecule has 0 aliphatic carbocycles. The molecule has 1 nitrogen and oxygen atoms in total. The van der Waals surface area contributed by atoms with Gasteiger partial charge in [-0.05, 0) is 37.0 Å². The van der Waals surface area contributed by atoms with Crippen molar-refractivity contribution < 1.29 is 5.11 Å². The van der Waals surface area contributed by atoms with E-state index in [2.05, 4.69) is 26.0 Å². The zero-order valence-electron chi connectivity index (χ0n) is 7.96. The Bertz CT molecular complexity index is 264. The lowest BCUT2D eigenvalue weighted by Crippen LogP contribution is -1.94. The quantitative estimate of drug-likeness (QED) is 0.712. The van der Waals surface area contributed by atoms with E-state index in [4.69, 9.17) is 0 Å². The Labute approximate surface area is 74.1 Å². The summed E-state index contributed by atoms with van der Waals surface area (Å²) < 4.78 is 0. The maximum Gasteiger partial charge on any atom is 0.0762 e. The van der Waals surface area contributed by atoms with Crippen molar-refractivity contribution in [2.45, 2.75) is 33.3 Å². The number of rotatable bonds is 2. The topological polar surface area (TPSA) is 20.2 Å². The molecule has 1 N–H and O–H groups in total. The lowest BCUT2D eigenvalue weighted by molar-refractivity contribution is 0.199. The largest absolute Gasteiger partial charge is 0.389 e. The molecule has 0 bridgehead atoms. The van der Waals surface area contributed by atoms with Crippen LogP contribution in [0.1, 0.15) is 36.6 Å². The van der Waals surface area contributed by atoms with Crippen LogP contribution < -0.4 is 0 Å². The lowest BCUT2D eigenvalue weighted by Gasteiger charge is -2.08. The fourth-order valence-electron chi connectivity index (χ4n) is 1.33. The number of aliphatic hydroxyl groups is 1. The highest BCUT2D eigenvalue weighted by Gasteiger charge is 2.02. The van der Waals surface area contributed by atoms with E-state index < -0.39 is 0 Å². The minimum Gasteiger partial charge on any atom is -0.389 e. The molecule has 0 aliphatic rings. The molecule has 66 valence electrons. The summed E-state index contributed by atoms with van der Waals surface area (Å²) in [6.07, 6.45) is 0.683. The van der Waals surface area contributed by atoms with E-state index >= 15 is 0 Å². The molecule has 1 atom stereocenters. The summed E-state index contributed by atoms with van der Waals surface area (Å²) in [6, 6.07) is 6.14. The molecule has 0 saturated heterocycles. The Kier molecular flexibility index (Phi) is 2.88. The van der Waals surface area contributed by atoms with Crippen LogP contribution in [0.25, 0.3) is 0 Å². The smallest absolute Gasteiger partial charge is 0.0762 e. The molecular weight excluding hydrogens is 148 g/mol. The van der Waals surface area contributed by atoms with Gasteiger partial charge in [0, 0.05) is 0 Å². The van der Waals surface area contributed by atoms with E-state index in [0.29, 0.717) is 0 Å². The number of aryl methyl sites for hydroxylation is 2. The summed E-state index contributed by atoms with van der Waals surface area (Å²) >= 11 is 0. The number of hydrogen-bond acceptors (Lipinski definition) is 1. The van der Waals surface area contributed by atoms with Crippen LogP contribution in [0.5, 0.6) is 0 Å². The van der Waals surface area contributed by atoms with E-state index in [0.717, 1.165) is 12.0 Å². The summed E-state index contributed by atoms with van der Waals surface area (Å²) in [5.41, 5.74) is 3.65. The summed E-state index contributed by atoms with van der Waals surface area (Å²) in [5.74, 6) is 0. The van der Waals surface area contributed by atoms with Crippen molar-refractivity contribution in [1.82, 2.24) is 0 Å². The maximum absolute atomic E-state index is 9.33. The molecule has 1 unspecified atom stereocenters. The average Bonchev–Trinajstić information content (AvgIpc) is 2.05. The fourth-order valence-corrected chi connectivity index (χ4v) is 1.33. The standard InChI is InChI=1S/C11H16O/c1-4-10-7-11(9(3)12)6-5-8(10)2/h5-7,9,12H,4H2,1-3H3. The van der Waals surface area contributed by atoms with Crippen LogP contribution in [0, 0.1) is 6.92 Å². The van der Waals surface area contributed by atoms with Gasteiger partial charge in [-0.15, -0.1) is 0 Å². The third kappa shape index (κ3) is 1.86.